The molecule has 0 atom stereocenters. The van der Waals surface area contributed by atoms with Gasteiger partial charge in [0.05, 0.1) is 23.3 Å². The summed E-state index contributed by atoms with van der Waals surface area (Å²) in [6.45, 7) is 5.12. The van der Waals surface area contributed by atoms with E-state index in [2.05, 4.69) is 20.4 Å². The van der Waals surface area contributed by atoms with Crippen molar-refractivity contribution in [2.24, 2.45) is 0 Å². The molecule has 0 bridgehead atoms. The van der Waals surface area contributed by atoms with E-state index in [1.54, 1.807) is 17.9 Å². The molecule has 0 fully saturated rings. The fraction of sp³-hybridized carbons (Fsp3) is 0.333. The normalized spacial score (nSPS) is 14.0. The maximum absolute atomic E-state index is 13.6. The van der Waals surface area contributed by atoms with Crippen molar-refractivity contribution in [1.29, 1.82) is 0 Å². The molecule has 124 valence electrons. The van der Waals surface area contributed by atoms with E-state index in [4.69, 9.17) is 0 Å². The second kappa shape index (κ2) is 5.52. The molecule has 9 heteroatoms. The Morgan fingerprint density at radius 1 is 1.29 bits per heavy atom. The molecule has 3 heterocycles. The van der Waals surface area contributed by atoms with Crippen molar-refractivity contribution in [3.05, 3.63) is 35.2 Å². The Kier molecular flexibility index (Phi) is 3.45. The van der Waals surface area contributed by atoms with E-state index < -0.39 is 0 Å². The van der Waals surface area contributed by atoms with Crippen LogP contribution in [0.3, 0.4) is 0 Å². The number of hydrogen-bond acceptors (Lipinski definition) is 5. The van der Waals surface area contributed by atoms with Crippen LogP contribution >= 0.6 is 11.3 Å². The highest BCUT2D eigenvalue weighted by Gasteiger charge is 2.23. The molecule has 2 amide bonds. The van der Waals surface area contributed by atoms with Gasteiger partial charge in [0.2, 0.25) is 0 Å². The van der Waals surface area contributed by atoms with Crippen LogP contribution in [0.15, 0.2) is 12.1 Å². The van der Waals surface area contributed by atoms with Gasteiger partial charge in [-0.1, -0.05) is 11.3 Å². The molecule has 1 N–H and O–H groups in total. The molecular weight excluding hydrogens is 331 g/mol. The Hall–Kier alpha value is -2.55. The molecule has 4 rings (SSSR count). The second-order valence-corrected chi connectivity index (χ2v) is 6.77. The predicted molar refractivity (Wildman–Crippen MR) is 88.5 cm³/mol. The van der Waals surface area contributed by atoms with E-state index in [1.165, 1.54) is 17.4 Å². The number of nitrogens with zero attached hydrogens (tertiary/aromatic N) is 5. The van der Waals surface area contributed by atoms with Gasteiger partial charge in [-0.2, -0.15) is 5.10 Å². The summed E-state index contributed by atoms with van der Waals surface area (Å²) in [5, 5.41) is 7.53. The first kappa shape index (κ1) is 15.0. The number of aryl methyl sites for hydroxylation is 2. The highest BCUT2D eigenvalue weighted by molar-refractivity contribution is 7.22. The van der Waals surface area contributed by atoms with Crippen LogP contribution in [-0.2, 0) is 13.1 Å². The van der Waals surface area contributed by atoms with Crippen molar-refractivity contribution < 1.29 is 9.18 Å². The van der Waals surface area contributed by atoms with Gasteiger partial charge in [0.25, 0.3) is 0 Å². The summed E-state index contributed by atoms with van der Waals surface area (Å²) >= 11 is 1.33. The maximum Gasteiger partial charge on any atom is 0.324 e. The molecule has 0 saturated carbocycles. The van der Waals surface area contributed by atoms with Crippen LogP contribution in [0.1, 0.15) is 17.2 Å². The van der Waals surface area contributed by atoms with Crippen molar-refractivity contribution in [3.63, 3.8) is 0 Å². The van der Waals surface area contributed by atoms with Crippen LogP contribution < -0.4 is 5.32 Å². The first-order valence-electron chi connectivity index (χ1n) is 7.52. The zero-order valence-electron chi connectivity index (χ0n) is 13.2. The average Bonchev–Trinajstić information content (AvgIpc) is 3.08. The van der Waals surface area contributed by atoms with Gasteiger partial charge in [-0.05, 0) is 25.5 Å². The van der Waals surface area contributed by atoms with Gasteiger partial charge in [0.1, 0.15) is 17.5 Å². The van der Waals surface area contributed by atoms with Gasteiger partial charge in [0, 0.05) is 12.6 Å². The molecule has 1 aliphatic heterocycles. The zero-order valence-corrected chi connectivity index (χ0v) is 14.0. The number of aromatic nitrogens is 4. The number of thiazole rings is 1. The Morgan fingerprint density at radius 3 is 2.96 bits per heavy atom. The smallest absolute Gasteiger partial charge is 0.315 e. The Labute approximate surface area is 141 Å². The van der Waals surface area contributed by atoms with Gasteiger partial charge in [0.15, 0.2) is 5.13 Å². The first-order chi connectivity index (χ1) is 11.5. The van der Waals surface area contributed by atoms with Gasteiger partial charge in [-0.15, -0.1) is 0 Å². The summed E-state index contributed by atoms with van der Waals surface area (Å²) in [5.41, 5.74) is 1.11. The minimum atomic E-state index is -0.295. The molecular formula is C15H15FN6OS. The van der Waals surface area contributed by atoms with E-state index in [-0.39, 0.29) is 11.8 Å². The van der Waals surface area contributed by atoms with Crippen LogP contribution in [0.2, 0.25) is 0 Å². The Balaban J connectivity index is 1.52. The molecule has 1 aliphatic rings. The largest absolute Gasteiger partial charge is 0.324 e. The number of amides is 2. The standard InChI is InChI=1S/C15H15FN6OS/c1-8-5-12-11(6-10(8)16)18-14(24-12)19-15(23)21-3-4-22-13(7-21)17-9(2)20-22/h5-6H,3-4,7H2,1-2H3,(H,18,19,23). The van der Waals surface area contributed by atoms with E-state index in [0.29, 0.717) is 41.7 Å². The minimum absolute atomic E-state index is 0.238. The third-order valence-electron chi connectivity index (χ3n) is 3.94. The number of benzene rings is 1. The molecule has 1 aromatic carbocycles. The Morgan fingerprint density at radius 2 is 2.12 bits per heavy atom. The number of anilines is 1. The fourth-order valence-electron chi connectivity index (χ4n) is 2.71. The maximum atomic E-state index is 13.6. The summed E-state index contributed by atoms with van der Waals surface area (Å²) in [6.07, 6.45) is 0. The number of urea groups is 1. The zero-order chi connectivity index (χ0) is 16.8. The lowest BCUT2D eigenvalue weighted by molar-refractivity contribution is 0.193. The molecule has 0 spiro atoms. The van der Waals surface area contributed by atoms with Crippen molar-refractivity contribution in [1.82, 2.24) is 24.6 Å². The monoisotopic (exact) mass is 346 g/mol. The SMILES string of the molecule is Cc1nc2n(n1)CCN(C(=O)Nc1nc3cc(F)c(C)cc3s1)C2. The number of carbonyl (C=O) groups is 1. The molecule has 3 aromatic rings. The number of nitrogens with one attached hydrogen (secondary N) is 1. The minimum Gasteiger partial charge on any atom is -0.315 e. The average molecular weight is 346 g/mol. The molecule has 24 heavy (non-hydrogen) atoms. The molecule has 0 saturated heterocycles. The molecule has 0 aliphatic carbocycles. The van der Waals surface area contributed by atoms with Crippen LogP contribution in [0.5, 0.6) is 0 Å². The quantitative estimate of drug-likeness (QED) is 0.735. The van der Waals surface area contributed by atoms with Crippen LogP contribution in [0.4, 0.5) is 14.3 Å². The fourth-order valence-corrected chi connectivity index (χ4v) is 3.64. The van der Waals surface area contributed by atoms with Gasteiger partial charge >= 0.3 is 6.03 Å². The predicted octanol–water partition coefficient (Wildman–Crippen LogP) is 2.69. The summed E-state index contributed by atoms with van der Waals surface area (Å²) < 4.78 is 16.3. The van der Waals surface area contributed by atoms with Crippen molar-refractivity contribution >= 4 is 32.7 Å². The highest BCUT2D eigenvalue weighted by atomic mass is 32.1. The molecule has 0 radical (unpaired) electrons. The first-order valence-corrected chi connectivity index (χ1v) is 8.34. The summed E-state index contributed by atoms with van der Waals surface area (Å²) in [5.74, 6) is 1.18. The molecule has 7 nitrogen and oxygen atoms in total. The van der Waals surface area contributed by atoms with Crippen molar-refractivity contribution in [2.45, 2.75) is 26.9 Å². The lowest BCUT2D eigenvalue weighted by Gasteiger charge is -2.26. The summed E-state index contributed by atoms with van der Waals surface area (Å²) in [6, 6.07) is 2.89. The number of rotatable bonds is 1. The van der Waals surface area contributed by atoms with E-state index in [9.17, 15) is 9.18 Å². The van der Waals surface area contributed by atoms with Gasteiger partial charge in [-0.3, -0.25) is 5.32 Å². The van der Waals surface area contributed by atoms with Crippen LogP contribution in [0, 0.1) is 19.7 Å². The lowest BCUT2D eigenvalue weighted by atomic mass is 10.2. The van der Waals surface area contributed by atoms with E-state index in [0.717, 1.165) is 10.5 Å². The van der Waals surface area contributed by atoms with Gasteiger partial charge in [-0.25, -0.2) is 23.8 Å². The Bertz CT molecular complexity index is 910. The topological polar surface area (TPSA) is 75.9 Å². The third-order valence-corrected chi connectivity index (χ3v) is 4.87. The lowest BCUT2D eigenvalue weighted by Crippen LogP contribution is -2.41. The third kappa shape index (κ3) is 2.60. The van der Waals surface area contributed by atoms with Crippen molar-refractivity contribution in [2.75, 3.05) is 11.9 Å². The van der Waals surface area contributed by atoms with E-state index >= 15 is 0 Å². The number of carbonyl (C=O) groups excluding carboxylic acids is 1. The van der Waals surface area contributed by atoms with E-state index in [1.807, 2.05) is 11.6 Å². The van der Waals surface area contributed by atoms with Crippen molar-refractivity contribution in [3.8, 4) is 0 Å². The summed E-state index contributed by atoms with van der Waals surface area (Å²) in [4.78, 5) is 22.7. The number of hydrogen-bond donors (Lipinski definition) is 1. The highest BCUT2D eigenvalue weighted by Crippen LogP contribution is 2.28. The van der Waals surface area contributed by atoms with Gasteiger partial charge < -0.3 is 4.90 Å². The second-order valence-electron chi connectivity index (χ2n) is 5.74. The summed E-state index contributed by atoms with van der Waals surface area (Å²) in [7, 11) is 0. The van der Waals surface area contributed by atoms with Crippen LogP contribution in [-0.4, -0.2) is 37.2 Å². The molecule has 2 aromatic heterocycles. The number of halogens is 1. The van der Waals surface area contributed by atoms with Crippen LogP contribution in [0.25, 0.3) is 10.2 Å². The molecule has 0 unspecified atom stereocenters. The number of fused-ring (bicyclic) bond motifs is 2.